The predicted octanol–water partition coefficient (Wildman–Crippen LogP) is 0.219. The predicted molar refractivity (Wildman–Crippen MR) is 60.7 cm³/mol. The Bertz CT molecular complexity index is 154. The zero-order chi connectivity index (χ0) is 10.2. The fraction of sp³-hybridized carbons (Fsp3) is 0.900. The van der Waals surface area contributed by atoms with Crippen LogP contribution in [0.3, 0.4) is 0 Å². The normalized spacial score (nSPS) is 21.9. The highest BCUT2D eigenvalue weighted by atomic mass is 15.4. The van der Waals surface area contributed by atoms with Crippen LogP contribution in [0.2, 0.25) is 0 Å². The van der Waals surface area contributed by atoms with E-state index < -0.39 is 0 Å². The SMILES string of the molecule is C1=NCCN1.CCN1CCN(CC)C1. The topological polar surface area (TPSA) is 30.9 Å². The number of likely N-dealkylation sites (N-methyl/N-ethyl adjacent to an activating group) is 2. The maximum absolute atomic E-state index is 3.85. The summed E-state index contributed by atoms with van der Waals surface area (Å²) in [6.07, 6.45) is 1.74. The van der Waals surface area contributed by atoms with Gasteiger partial charge in [0.15, 0.2) is 0 Å². The second-order valence-electron chi connectivity index (χ2n) is 3.55. The number of rotatable bonds is 2. The molecule has 2 aliphatic heterocycles. The average Bonchev–Trinajstić information content (AvgIpc) is 2.92. The molecule has 4 heteroatoms. The third kappa shape index (κ3) is 4.07. The van der Waals surface area contributed by atoms with Gasteiger partial charge in [0.2, 0.25) is 0 Å². The first-order valence-electron chi connectivity index (χ1n) is 5.53. The lowest BCUT2D eigenvalue weighted by Crippen LogP contribution is -2.24. The van der Waals surface area contributed by atoms with Gasteiger partial charge in [0.25, 0.3) is 0 Å². The van der Waals surface area contributed by atoms with Crippen LogP contribution in [-0.2, 0) is 0 Å². The summed E-state index contributed by atoms with van der Waals surface area (Å²) < 4.78 is 0. The van der Waals surface area contributed by atoms with E-state index >= 15 is 0 Å². The fourth-order valence-electron chi connectivity index (χ4n) is 1.55. The van der Waals surface area contributed by atoms with Crippen molar-refractivity contribution in [3.63, 3.8) is 0 Å². The van der Waals surface area contributed by atoms with E-state index in [2.05, 4.69) is 34.0 Å². The number of hydrogen-bond donors (Lipinski definition) is 1. The molecule has 2 heterocycles. The third-order valence-electron chi connectivity index (χ3n) is 2.59. The summed E-state index contributed by atoms with van der Waals surface area (Å²) in [6.45, 7) is 12.6. The Balaban J connectivity index is 0.000000165. The van der Waals surface area contributed by atoms with Gasteiger partial charge in [-0.3, -0.25) is 14.8 Å². The van der Waals surface area contributed by atoms with E-state index in [1.54, 1.807) is 6.34 Å². The molecule has 0 spiro atoms. The van der Waals surface area contributed by atoms with Gasteiger partial charge in [-0.1, -0.05) is 13.8 Å². The molecule has 1 saturated heterocycles. The van der Waals surface area contributed by atoms with E-state index in [0.29, 0.717) is 0 Å². The molecule has 1 fully saturated rings. The number of hydrogen-bond acceptors (Lipinski definition) is 4. The molecular weight excluding hydrogens is 176 g/mol. The van der Waals surface area contributed by atoms with Gasteiger partial charge in [-0.2, -0.15) is 0 Å². The highest BCUT2D eigenvalue weighted by Crippen LogP contribution is 2.01. The van der Waals surface area contributed by atoms with Crippen LogP contribution >= 0.6 is 0 Å². The van der Waals surface area contributed by atoms with Gasteiger partial charge in [0, 0.05) is 19.6 Å². The Hall–Kier alpha value is -0.610. The van der Waals surface area contributed by atoms with Gasteiger partial charge in [-0.25, -0.2) is 0 Å². The standard InChI is InChI=1S/C7H16N2.C3H6N2/c1-3-8-5-6-9(4-2)7-8;1-2-5-3-4-1/h3-7H2,1-2H3;3H,1-2H2,(H,4,5). The molecule has 0 aromatic carbocycles. The molecule has 4 nitrogen and oxygen atoms in total. The Labute approximate surface area is 87.0 Å². The lowest BCUT2D eigenvalue weighted by atomic mass is 10.6. The first kappa shape index (κ1) is 11.5. The Morgan fingerprint density at radius 3 is 2.07 bits per heavy atom. The lowest BCUT2D eigenvalue weighted by molar-refractivity contribution is 0.262. The molecule has 0 aromatic heterocycles. The molecule has 14 heavy (non-hydrogen) atoms. The summed E-state index contributed by atoms with van der Waals surface area (Å²) in [5.41, 5.74) is 0. The lowest BCUT2D eigenvalue weighted by Gasteiger charge is -2.13. The van der Waals surface area contributed by atoms with Crippen LogP contribution in [0.1, 0.15) is 13.8 Å². The van der Waals surface area contributed by atoms with Crippen LogP contribution < -0.4 is 5.32 Å². The van der Waals surface area contributed by atoms with Gasteiger partial charge >= 0.3 is 0 Å². The summed E-state index contributed by atoms with van der Waals surface area (Å²) in [5, 5.41) is 2.93. The van der Waals surface area contributed by atoms with Crippen LogP contribution in [0.25, 0.3) is 0 Å². The molecule has 0 bridgehead atoms. The van der Waals surface area contributed by atoms with Crippen molar-refractivity contribution in [2.24, 2.45) is 4.99 Å². The van der Waals surface area contributed by atoms with Crippen molar-refractivity contribution in [3.8, 4) is 0 Å². The molecule has 0 aromatic rings. The Kier molecular flexibility index (Phi) is 5.56. The minimum atomic E-state index is 0.958. The van der Waals surface area contributed by atoms with Crippen LogP contribution in [0, 0.1) is 0 Å². The molecule has 0 radical (unpaired) electrons. The number of nitrogens with zero attached hydrogens (tertiary/aromatic N) is 3. The molecule has 0 saturated carbocycles. The van der Waals surface area contributed by atoms with Crippen molar-refractivity contribution in [1.82, 2.24) is 15.1 Å². The van der Waals surface area contributed by atoms with Crippen molar-refractivity contribution in [1.29, 1.82) is 0 Å². The molecule has 82 valence electrons. The maximum atomic E-state index is 3.85. The molecule has 2 aliphatic rings. The van der Waals surface area contributed by atoms with E-state index in [-0.39, 0.29) is 0 Å². The molecule has 1 N–H and O–H groups in total. The van der Waals surface area contributed by atoms with Crippen LogP contribution in [0.5, 0.6) is 0 Å². The second-order valence-corrected chi connectivity index (χ2v) is 3.55. The number of nitrogens with one attached hydrogen (secondary N) is 1. The van der Waals surface area contributed by atoms with Gasteiger partial charge in [-0.05, 0) is 13.1 Å². The summed E-state index contributed by atoms with van der Waals surface area (Å²) in [7, 11) is 0. The van der Waals surface area contributed by atoms with Crippen molar-refractivity contribution in [2.45, 2.75) is 13.8 Å². The second kappa shape index (κ2) is 6.79. The smallest absolute Gasteiger partial charge is 0.0825 e. The first-order chi connectivity index (χ1) is 6.86. The monoisotopic (exact) mass is 198 g/mol. The summed E-state index contributed by atoms with van der Waals surface area (Å²) in [5.74, 6) is 0. The maximum Gasteiger partial charge on any atom is 0.0825 e. The van der Waals surface area contributed by atoms with Crippen molar-refractivity contribution in [2.75, 3.05) is 45.9 Å². The van der Waals surface area contributed by atoms with E-state index in [1.165, 1.54) is 32.8 Å². The minimum Gasteiger partial charge on any atom is -0.375 e. The van der Waals surface area contributed by atoms with E-state index in [4.69, 9.17) is 0 Å². The van der Waals surface area contributed by atoms with Crippen LogP contribution in [-0.4, -0.2) is 62.1 Å². The molecule has 0 unspecified atom stereocenters. The molecule has 0 amide bonds. The van der Waals surface area contributed by atoms with E-state index in [0.717, 1.165) is 13.1 Å². The van der Waals surface area contributed by atoms with Crippen LogP contribution in [0.15, 0.2) is 4.99 Å². The highest BCUT2D eigenvalue weighted by Gasteiger charge is 2.15. The first-order valence-corrected chi connectivity index (χ1v) is 5.53. The largest absolute Gasteiger partial charge is 0.375 e. The Morgan fingerprint density at radius 2 is 1.86 bits per heavy atom. The average molecular weight is 198 g/mol. The molecule has 2 rings (SSSR count). The summed E-state index contributed by atoms with van der Waals surface area (Å²) >= 11 is 0. The molecular formula is C10H22N4. The quantitative estimate of drug-likeness (QED) is 0.688. The van der Waals surface area contributed by atoms with Gasteiger partial charge in [0.1, 0.15) is 0 Å². The van der Waals surface area contributed by atoms with Crippen LogP contribution in [0.4, 0.5) is 0 Å². The van der Waals surface area contributed by atoms with Gasteiger partial charge < -0.3 is 5.32 Å². The van der Waals surface area contributed by atoms with E-state index in [1.807, 2.05) is 0 Å². The van der Waals surface area contributed by atoms with Crippen molar-refractivity contribution >= 4 is 6.34 Å². The summed E-state index contributed by atoms with van der Waals surface area (Å²) in [4.78, 5) is 8.77. The minimum absolute atomic E-state index is 0.958. The van der Waals surface area contributed by atoms with Gasteiger partial charge in [0.05, 0.1) is 19.6 Å². The zero-order valence-electron chi connectivity index (χ0n) is 9.37. The molecule has 0 aliphatic carbocycles. The highest BCUT2D eigenvalue weighted by molar-refractivity contribution is 5.56. The van der Waals surface area contributed by atoms with Crippen molar-refractivity contribution < 1.29 is 0 Å². The van der Waals surface area contributed by atoms with Crippen molar-refractivity contribution in [3.05, 3.63) is 0 Å². The molecule has 0 atom stereocenters. The zero-order valence-corrected chi connectivity index (χ0v) is 9.37. The van der Waals surface area contributed by atoms with Gasteiger partial charge in [-0.15, -0.1) is 0 Å². The summed E-state index contributed by atoms with van der Waals surface area (Å²) in [6, 6.07) is 0. The number of aliphatic imine (C=N–C) groups is 1. The Morgan fingerprint density at radius 1 is 1.21 bits per heavy atom. The fourth-order valence-corrected chi connectivity index (χ4v) is 1.55. The third-order valence-corrected chi connectivity index (χ3v) is 2.59. The van der Waals surface area contributed by atoms with E-state index in [9.17, 15) is 0 Å².